The van der Waals surface area contributed by atoms with E-state index in [0.29, 0.717) is 24.4 Å². The third-order valence-electron chi connectivity index (χ3n) is 2.77. The lowest BCUT2D eigenvalue weighted by molar-refractivity contribution is 0.247. The van der Waals surface area contributed by atoms with Crippen LogP contribution in [0.3, 0.4) is 0 Å². The van der Waals surface area contributed by atoms with Crippen LogP contribution in [0.1, 0.15) is 5.56 Å². The number of nitrogens with zero attached hydrogens (tertiary/aromatic N) is 1. The molecule has 2 rings (SSSR count). The molecule has 0 heterocycles. The predicted molar refractivity (Wildman–Crippen MR) is 87.8 cm³/mol. The number of hydrogen-bond acceptors (Lipinski definition) is 3. The van der Waals surface area contributed by atoms with Gasteiger partial charge in [-0.15, -0.1) is 0 Å². The molecule has 2 aromatic rings. The fourth-order valence-electron chi connectivity index (χ4n) is 1.72. The van der Waals surface area contributed by atoms with E-state index >= 15 is 0 Å². The first-order valence-electron chi connectivity index (χ1n) is 6.61. The number of hydrogen-bond donors (Lipinski definition) is 2. The van der Waals surface area contributed by atoms with Gasteiger partial charge in [-0.1, -0.05) is 28.1 Å². The lowest BCUT2D eigenvalue weighted by Gasteiger charge is -2.10. The Balaban J connectivity index is 1.74. The summed E-state index contributed by atoms with van der Waals surface area (Å²) >= 11 is 3.35. The number of nitriles is 1. The molecule has 0 aromatic heterocycles. The molecule has 0 fully saturated rings. The summed E-state index contributed by atoms with van der Waals surface area (Å²) in [6.45, 7) is 0.714. The number of ether oxygens (including phenoxy) is 1. The summed E-state index contributed by atoms with van der Waals surface area (Å²) in [6.07, 6.45) is 0. The number of halogens is 1. The highest BCUT2D eigenvalue weighted by Crippen LogP contribution is 2.16. The van der Waals surface area contributed by atoms with Crippen LogP contribution in [-0.2, 0) is 0 Å². The predicted octanol–water partition coefficient (Wildman–Crippen LogP) is 3.52. The maximum Gasteiger partial charge on any atom is 0.319 e. The quantitative estimate of drug-likeness (QED) is 0.802. The van der Waals surface area contributed by atoms with Gasteiger partial charge in [0.15, 0.2) is 0 Å². The first kappa shape index (κ1) is 15.9. The molecule has 2 amide bonds. The molecule has 0 saturated carbocycles. The van der Waals surface area contributed by atoms with Crippen molar-refractivity contribution >= 4 is 27.6 Å². The second kappa shape index (κ2) is 8.05. The van der Waals surface area contributed by atoms with Gasteiger partial charge in [-0.2, -0.15) is 5.26 Å². The van der Waals surface area contributed by atoms with E-state index in [0.717, 1.165) is 10.2 Å². The van der Waals surface area contributed by atoms with E-state index in [4.69, 9.17) is 10.00 Å². The minimum Gasteiger partial charge on any atom is -0.492 e. The molecule has 0 saturated heterocycles. The Bertz CT molecular complexity index is 681. The first-order chi connectivity index (χ1) is 10.7. The van der Waals surface area contributed by atoms with Gasteiger partial charge in [0.1, 0.15) is 18.4 Å². The van der Waals surface area contributed by atoms with Gasteiger partial charge in [-0.05, 0) is 36.4 Å². The number of urea groups is 1. The zero-order chi connectivity index (χ0) is 15.8. The summed E-state index contributed by atoms with van der Waals surface area (Å²) in [7, 11) is 0. The average Bonchev–Trinajstić information content (AvgIpc) is 2.54. The van der Waals surface area contributed by atoms with Gasteiger partial charge < -0.3 is 15.4 Å². The average molecular weight is 360 g/mol. The monoisotopic (exact) mass is 359 g/mol. The van der Waals surface area contributed by atoms with Gasteiger partial charge in [-0.25, -0.2) is 4.79 Å². The van der Waals surface area contributed by atoms with Crippen LogP contribution in [0.5, 0.6) is 5.75 Å². The van der Waals surface area contributed by atoms with Gasteiger partial charge >= 0.3 is 6.03 Å². The Morgan fingerprint density at radius 3 is 2.64 bits per heavy atom. The second-order valence-electron chi connectivity index (χ2n) is 4.34. The summed E-state index contributed by atoms with van der Waals surface area (Å²) in [5, 5.41) is 14.2. The van der Waals surface area contributed by atoms with Crippen molar-refractivity contribution in [2.45, 2.75) is 0 Å². The van der Waals surface area contributed by atoms with Gasteiger partial charge in [-0.3, -0.25) is 0 Å². The van der Waals surface area contributed by atoms with E-state index in [1.54, 1.807) is 24.3 Å². The lowest BCUT2D eigenvalue weighted by atomic mass is 10.2. The molecule has 0 aliphatic carbocycles. The van der Waals surface area contributed by atoms with Crippen LogP contribution in [0.4, 0.5) is 10.5 Å². The van der Waals surface area contributed by atoms with E-state index < -0.39 is 0 Å². The number of amides is 2. The molecule has 0 aliphatic heterocycles. The third kappa shape index (κ3) is 4.79. The lowest BCUT2D eigenvalue weighted by Crippen LogP contribution is -2.32. The fraction of sp³-hybridized carbons (Fsp3) is 0.125. The van der Waals surface area contributed by atoms with Crippen molar-refractivity contribution in [3.8, 4) is 11.8 Å². The van der Waals surface area contributed by atoms with Gasteiger partial charge in [0.25, 0.3) is 0 Å². The number of rotatable bonds is 5. The van der Waals surface area contributed by atoms with Crippen LogP contribution in [0, 0.1) is 11.3 Å². The highest BCUT2D eigenvalue weighted by molar-refractivity contribution is 9.10. The molecule has 112 valence electrons. The molecule has 5 nitrogen and oxygen atoms in total. The Labute approximate surface area is 137 Å². The van der Waals surface area contributed by atoms with Crippen molar-refractivity contribution in [2.75, 3.05) is 18.5 Å². The number of anilines is 1. The normalized spacial score (nSPS) is 9.64. The maximum atomic E-state index is 11.7. The molecule has 0 unspecified atom stereocenters. The molecule has 0 radical (unpaired) electrons. The van der Waals surface area contributed by atoms with E-state index in [-0.39, 0.29) is 6.03 Å². The first-order valence-corrected chi connectivity index (χ1v) is 7.40. The number of carbonyl (C=O) groups excluding carboxylic acids is 1. The summed E-state index contributed by atoms with van der Waals surface area (Å²) < 4.78 is 6.47. The summed E-state index contributed by atoms with van der Waals surface area (Å²) in [5.74, 6) is 0.736. The topological polar surface area (TPSA) is 74.2 Å². The second-order valence-corrected chi connectivity index (χ2v) is 5.26. The largest absolute Gasteiger partial charge is 0.492 e. The van der Waals surface area contributed by atoms with Crippen LogP contribution in [0.25, 0.3) is 0 Å². The van der Waals surface area contributed by atoms with Crippen molar-refractivity contribution in [1.29, 1.82) is 5.26 Å². The summed E-state index contributed by atoms with van der Waals surface area (Å²) in [4.78, 5) is 11.7. The van der Waals surface area contributed by atoms with Crippen LogP contribution >= 0.6 is 15.9 Å². The SMILES string of the molecule is N#Cc1ccccc1NC(=O)NCCOc1ccc(Br)cc1. The minimum absolute atomic E-state index is 0.356. The van der Waals surface area contributed by atoms with E-state index in [9.17, 15) is 4.79 Å². The fourth-order valence-corrected chi connectivity index (χ4v) is 1.98. The zero-order valence-corrected chi connectivity index (χ0v) is 13.3. The third-order valence-corrected chi connectivity index (χ3v) is 3.29. The Hall–Kier alpha value is -2.52. The molecular formula is C16H14BrN3O2. The Morgan fingerprint density at radius 2 is 1.91 bits per heavy atom. The van der Waals surface area contributed by atoms with Crippen molar-refractivity contribution in [1.82, 2.24) is 5.32 Å². The van der Waals surface area contributed by atoms with E-state index in [1.165, 1.54) is 0 Å². The van der Waals surface area contributed by atoms with Gasteiger partial charge in [0.2, 0.25) is 0 Å². The molecule has 0 spiro atoms. The van der Waals surface area contributed by atoms with Crippen LogP contribution in [0.15, 0.2) is 53.0 Å². The van der Waals surface area contributed by atoms with E-state index in [2.05, 4.69) is 26.6 Å². The standard InChI is InChI=1S/C16H14BrN3O2/c17-13-5-7-14(8-6-13)22-10-9-19-16(21)20-15-4-2-1-3-12(15)11-18/h1-8H,9-10H2,(H2,19,20,21). The van der Waals surface area contributed by atoms with Crippen molar-refractivity contribution in [3.63, 3.8) is 0 Å². The highest BCUT2D eigenvalue weighted by Gasteiger charge is 2.05. The van der Waals surface area contributed by atoms with Crippen LogP contribution < -0.4 is 15.4 Å². The van der Waals surface area contributed by atoms with Crippen molar-refractivity contribution in [3.05, 3.63) is 58.6 Å². The molecule has 0 bridgehead atoms. The molecule has 0 aliphatic rings. The number of para-hydroxylation sites is 1. The molecule has 2 aromatic carbocycles. The molecule has 22 heavy (non-hydrogen) atoms. The van der Waals surface area contributed by atoms with Crippen LogP contribution in [0.2, 0.25) is 0 Å². The van der Waals surface area contributed by atoms with E-state index in [1.807, 2.05) is 30.3 Å². The minimum atomic E-state index is -0.373. The highest BCUT2D eigenvalue weighted by atomic mass is 79.9. The summed E-state index contributed by atoms with van der Waals surface area (Å²) in [6, 6.07) is 15.9. The zero-order valence-electron chi connectivity index (χ0n) is 11.7. The van der Waals surface area contributed by atoms with Crippen LogP contribution in [-0.4, -0.2) is 19.2 Å². The maximum absolute atomic E-state index is 11.7. The molecule has 2 N–H and O–H groups in total. The number of carbonyl (C=O) groups is 1. The van der Waals surface area contributed by atoms with Gasteiger partial charge in [0.05, 0.1) is 17.8 Å². The number of benzene rings is 2. The van der Waals surface area contributed by atoms with Crippen molar-refractivity contribution in [2.24, 2.45) is 0 Å². The molecular weight excluding hydrogens is 346 g/mol. The number of nitrogens with one attached hydrogen (secondary N) is 2. The smallest absolute Gasteiger partial charge is 0.319 e. The Morgan fingerprint density at radius 1 is 1.18 bits per heavy atom. The summed E-state index contributed by atoms with van der Waals surface area (Å²) in [5.41, 5.74) is 0.903. The Kier molecular flexibility index (Phi) is 5.81. The molecule has 6 heteroatoms. The molecule has 0 atom stereocenters. The van der Waals surface area contributed by atoms with Gasteiger partial charge in [0, 0.05) is 4.47 Å². The van der Waals surface area contributed by atoms with Crippen molar-refractivity contribution < 1.29 is 9.53 Å².